The Bertz CT molecular complexity index is 1370. The minimum atomic E-state index is -4.09. The van der Waals surface area contributed by atoms with E-state index in [2.05, 4.69) is 15.0 Å². The van der Waals surface area contributed by atoms with Gasteiger partial charge in [0.15, 0.2) is 5.78 Å². The molecule has 0 unspecified atom stereocenters. The van der Waals surface area contributed by atoms with Crippen molar-refractivity contribution in [3.8, 4) is 0 Å². The van der Waals surface area contributed by atoms with Crippen molar-refractivity contribution >= 4 is 38.7 Å². The summed E-state index contributed by atoms with van der Waals surface area (Å²) in [4.78, 5) is 46.7. The molecule has 2 N–H and O–H groups in total. The van der Waals surface area contributed by atoms with Gasteiger partial charge in [0, 0.05) is 17.9 Å². The molecule has 1 saturated carbocycles. The van der Waals surface area contributed by atoms with E-state index in [-0.39, 0.29) is 40.2 Å². The molecule has 1 aromatic carbocycles. The van der Waals surface area contributed by atoms with Gasteiger partial charge < -0.3 is 10.1 Å². The normalized spacial score (nSPS) is 14.4. The molecule has 0 amide bonds. The molecule has 0 radical (unpaired) electrons. The molecule has 3 aromatic rings. The number of carboxylic acids is 1. The highest BCUT2D eigenvalue weighted by atomic mass is 32.2. The second kappa shape index (κ2) is 9.59. The maximum Gasteiger partial charge on any atom is 0.353 e. The topological polar surface area (TPSA) is 147 Å². The summed E-state index contributed by atoms with van der Waals surface area (Å²) < 4.78 is 25.3. The number of aryl methyl sites for hydroxylation is 1. The van der Waals surface area contributed by atoms with Gasteiger partial charge in [0.1, 0.15) is 20.7 Å². The van der Waals surface area contributed by atoms with Gasteiger partial charge in [-0.1, -0.05) is 30.5 Å². The molecule has 9 nitrogen and oxygen atoms in total. The predicted octanol–water partition coefficient (Wildman–Crippen LogP) is 3.43. The van der Waals surface area contributed by atoms with Crippen LogP contribution in [-0.2, 0) is 27.5 Å². The van der Waals surface area contributed by atoms with E-state index in [4.69, 9.17) is 5.11 Å². The zero-order chi connectivity index (χ0) is 24.5. The van der Waals surface area contributed by atoms with E-state index >= 15 is 0 Å². The lowest BCUT2D eigenvalue weighted by atomic mass is 9.90. The molecule has 2 heterocycles. The first-order valence-electron chi connectivity index (χ1n) is 10.8. The fourth-order valence-corrected chi connectivity index (χ4v) is 6.53. The van der Waals surface area contributed by atoms with Gasteiger partial charge in [-0.2, -0.15) is 0 Å². The number of hydrogen-bond donors (Lipinski definition) is 2. The highest BCUT2D eigenvalue weighted by Gasteiger charge is 2.28. The summed E-state index contributed by atoms with van der Waals surface area (Å²) in [5, 5.41) is 8.77. The fourth-order valence-electron chi connectivity index (χ4n) is 4.07. The zero-order valence-electron chi connectivity index (χ0n) is 18.4. The smallest absolute Gasteiger partial charge is 0.353 e. The Hall–Kier alpha value is -3.18. The van der Waals surface area contributed by atoms with E-state index in [0.717, 1.165) is 55.0 Å². The Morgan fingerprint density at radius 3 is 2.53 bits per heavy atom. The highest BCUT2D eigenvalue weighted by Crippen LogP contribution is 2.30. The number of thiazole rings is 1. The third-order valence-corrected chi connectivity index (χ3v) is 8.88. The summed E-state index contributed by atoms with van der Waals surface area (Å²) in [6.07, 6.45) is 5.86. The Morgan fingerprint density at radius 2 is 1.85 bits per heavy atom. The lowest BCUT2D eigenvalue weighted by molar-refractivity contribution is -0.117. The lowest BCUT2D eigenvalue weighted by Crippen LogP contribution is -2.16. The summed E-state index contributed by atoms with van der Waals surface area (Å²) in [6.45, 7) is 1.91. The van der Waals surface area contributed by atoms with Crippen molar-refractivity contribution < 1.29 is 27.9 Å². The third-order valence-electron chi connectivity index (χ3n) is 5.83. The van der Waals surface area contributed by atoms with Crippen molar-refractivity contribution in [2.24, 2.45) is 5.92 Å². The predicted molar refractivity (Wildman–Crippen MR) is 123 cm³/mol. The van der Waals surface area contributed by atoms with Gasteiger partial charge in [0.25, 0.3) is 9.84 Å². The van der Waals surface area contributed by atoms with Crippen molar-refractivity contribution in [1.29, 1.82) is 0 Å². The highest BCUT2D eigenvalue weighted by molar-refractivity contribution is 7.93. The molecule has 1 fully saturated rings. The molecule has 1 aliphatic carbocycles. The molecule has 34 heavy (non-hydrogen) atoms. The van der Waals surface area contributed by atoms with Gasteiger partial charge >= 0.3 is 5.97 Å². The van der Waals surface area contributed by atoms with Crippen LogP contribution in [0.2, 0.25) is 0 Å². The Balaban J connectivity index is 1.48. The van der Waals surface area contributed by atoms with Crippen molar-refractivity contribution in [3.63, 3.8) is 0 Å². The maximum absolute atomic E-state index is 13.0. The number of aromatic carboxylic acids is 1. The molecule has 0 saturated heterocycles. The van der Waals surface area contributed by atoms with Crippen LogP contribution in [0.15, 0.2) is 40.0 Å². The van der Waals surface area contributed by atoms with Crippen molar-refractivity contribution in [2.75, 3.05) is 0 Å². The largest absolute Gasteiger partial charge is 0.477 e. The van der Waals surface area contributed by atoms with E-state index in [9.17, 15) is 22.8 Å². The quantitative estimate of drug-likeness (QED) is 0.424. The third kappa shape index (κ3) is 5.00. The number of carbonyl (C=O) groups is 3. The fraction of sp³-hybridized carbons (Fsp3) is 0.348. The van der Waals surface area contributed by atoms with E-state index < -0.39 is 21.0 Å². The number of nitrogens with one attached hydrogen (secondary N) is 1. The summed E-state index contributed by atoms with van der Waals surface area (Å²) in [5.41, 5.74) is 1.87. The van der Waals surface area contributed by atoms with Crippen molar-refractivity contribution in [2.45, 2.75) is 54.8 Å². The number of imidazole rings is 1. The number of hydrogen-bond acceptors (Lipinski definition) is 8. The number of aromatic nitrogens is 3. The minimum Gasteiger partial charge on any atom is -0.477 e. The zero-order valence-corrected chi connectivity index (χ0v) is 20.0. The number of rotatable bonds is 9. The number of ketones is 2. The van der Waals surface area contributed by atoms with Crippen LogP contribution in [0.5, 0.6) is 0 Å². The van der Waals surface area contributed by atoms with Gasteiger partial charge in [-0.05, 0) is 31.4 Å². The first-order chi connectivity index (χ1) is 16.1. The monoisotopic (exact) mass is 501 g/mol. The molecule has 0 atom stereocenters. The maximum atomic E-state index is 13.0. The molecular weight excluding hydrogens is 478 g/mol. The summed E-state index contributed by atoms with van der Waals surface area (Å²) in [7, 11) is -4.09. The number of nitrogens with zero attached hydrogens (tertiary/aromatic N) is 2. The number of carboxylic acid groups (broad SMARTS) is 1. The summed E-state index contributed by atoms with van der Waals surface area (Å²) >= 11 is 0.830. The van der Waals surface area contributed by atoms with Gasteiger partial charge in [0.05, 0.1) is 18.8 Å². The number of sulfone groups is 1. The summed E-state index contributed by atoms with van der Waals surface area (Å²) in [6, 6.07) is 5.52. The van der Waals surface area contributed by atoms with Crippen LogP contribution in [0.25, 0.3) is 0 Å². The molecular formula is C23H23N3O6S2. The lowest BCUT2D eigenvalue weighted by Gasteiger charge is -2.13. The standard InChI is InChI=1S/C23H23N3O6S2/c1-13-6-7-15(17(8-13)21(28)14-4-2-3-5-14)9-16(27)10-19-24-12-20(33-19)34(31,32)23-25-11-18(26-23)22(29)30/h6-8,11-12,14H,2-5,9-10H2,1H3,(H,25,26)(H,29,30). The molecule has 178 valence electrons. The van der Waals surface area contributed by atoms with Crippen LogP contribution in [0, 0.1) is 12.8 Å². The molecule has 2 aromatic heterocycles. The van der Waals surface area contributed by atoms with E-state index in [1.807, 2.05) is 25.1 Å². The Kier molecular flexibility index (Phi) is 6.76. The van der Waals surface area contributed by atoms with E-state index in [0.29, 0.717) is 16.1 Å². The number of aromatic amines is 1. The SMILES string of the molecule is Cc1ccc(CC(=O)Cc2ncc(S(=O)(=O)c3ncc(C(=O)O)[nH]3)s2)c(C(=O)C2CCCC2)c1. The van der Waals surface area contributed by atoms with Gasteiger partial charge in [0.2, 0.25) is 5.16 Å². The van der Waals surface area contributed by atoms with Crippen LogP contribution in [-0.4, -0.2) is 46.0 Å². The number of Topliss-reactive ketones (excluding diaryl/α,β-unsaturated/α-hetero) is 2. The van der Waals surface area contributed by atoms with E-state index in [1.54, 1.807) is 0 Å². The molecule has 0 aliphatic heterocycles. The van der Waals surface area contributed by atoms with Crippen LogP contribution in [0.3, 0.4) is 0 Å². The first kappa shape index (κ1) is 24.0. The van der Waals surface area contributed by atoms with Gasteiger partial charge in [-0.15, -0.1) is 11.3 Å². The molecule has 0 spiro atoms. The Morgan fingerprint density at radius 1 is 1.12 bits per heavy atom. The number of carbonyl (C=O) groups excluding carboxylic acids is 2. The molecule has 0 bridgehead atoms. The van der Waals surface area contributed by atoms with E-state index in [1.165, 1.54) is 0 Å². The average Bonchev–Trinajstić information content (AvgIpc) is 3.55. The Labute approximate surface area is 200 Å². The second-order valence-electron chi connectivity index (χ2n) is 8.38. The second-order valence-corrected chi connectivity index (χ2v) is 11.6. The summed E-state index contributed by atoms with van der Waals surface area (Å²) in [5.74, 6) is -1.42. The number of H-pyrrole nitrogens is 1. The van der Waals surface area contributed by atoms with Gasteiger partial charge in [-0.25, -0.2) is 23.2 Å². The van der Waals surface area contributed by atoms with Crippen LogP contribution < -0.4 is 0 Å². The molecule has 4 rings (SSSR count). The van der Waals surface area contributed by atoms with Crippen LogP contribution in [0.4, 0.5) is 0 Å². The average molecular weight is 502 g/mol. The van der Waals surface area contributed by atoms with Crippen LogP contribution in [0.1, 0.15) is 62.7 Å². The van der Waals surface area contributed by atoms with Crippen LogP contribution >= 0.6 is 11.3 Å². The first-order valence-corrected chi connectivity index (χ1v) is 13.1. The molecule has 1 aliphatic rings. The number of benzene rings is 1. The van der Waals surface area contributed by atoms with Gasteiger partial charge in [-0.3, -0.25) is 9.59 Å². The molecule has 11 heteroatoms. The van der Waals surface area contributed by atoms with Crippen molar-refractivity contribution in [3.05, 3.63) is 58.0 Å². The van der Waals surface area contributed by atoms with Crippen molar-refractivity contribution in [1.82, 2.24) is 15.0 Å². The minimum absolute atomic E-state index is 0.00521.